The van der Waals surface area contributed by atoms with Gasteiger partial charge in [0.05, 0.1) is 11.4 Å². The van der Waals surface area contributed by atoms with Gasteiger partial charge in [-0.1, -0.05) is 13.8 Å². The number of nitrogens with zero attached hydrogens (tertiary/aromatic N) is 2. The van der Waals surface area contributed by atoms with Gasteiger partial charge in [0.2, 0.25) is 0 Å². The van der Waals surface area contributed by atoms with E-state index in [2.05, 4.69) is 19.2 Å². The lowest BCUT2D eigenvalue weighted by atomic mass is 10.0. The van der Waals surface area contributed by atoms with Crippen LogP contribution < -0.4 is 5.32 Å². The molecule has 0 saturated heterocycles. The molecule has 0 bridgehead atoms. The molecule has 0 aromatic carbocycles. The van der Waals surface area contributed by atoms with Crippen LogP contribution in [0, 0.1) is 5.92 Å². The Balaban J connectivity index is 2.00. The Morgan fingerprint density at radius 2 is 2.10 bits per heavy atom. The number of hydrogen-bond acceptors (Lipinski definition) is 4. The van der Waals surface area contributed by atoms with Crippen LogP contribution in [0.5, 0.6) is 0 Å². The minimum atomic E-state index is 0.0256. The molecule has 1 atom stereocenters. The third kappa shape index (κ3) is 2.72. The Hall–Kier alpha value is -1.00. The topological polar surface area (TPSA) is 47.0 Å². The van der Waals surface area contributed by atoms with Crippen molar-refractivity contribution in [2.24, 2.45) is 5.92 Å². The molecule has 2 heterocycles. The molecule has 1 fully saturated rings. The smallest absolute Gasteiger partial charge is 0.157 e. The fourth-order valence-corrected chi connectivity index (χ4v) is 2.96. The maximum Gasteiger partial charge on any atom is 0.157 e. The zero-order valence-electron chi connectivity index (χ0n) is 12.8. The van der Waals surface area contributed by atoms with Crippen LogP contribution in [0.15, 0.2) is 0 Å². The van der Waals surface area contributed by atoms with Crippen molar-refractivity contribution in [2.45, 2.75) is 58.6 Å². The summed E-state index contributed by atoms with van der Waals surface area (Å²) >= 11 is 0. The fraction of sp³-hybridized carbons (Fsp3) is 0.750. The van der Waals surface area contributed by atoms with Gasteiger partial charge in [0.15, 0.2) is 5.82 Å². The van der Waals surface area contributed by atoms with Gasteiger partial charge in [0.1, 0.15) is 6.10 Å². The molecule has 0 amide bonds. The zero-order chi connectivity index (χ0) is 14.1. The molecule has 20 heavy (non-hydrogen) atoms. The third-order valence-electron chi connectivity index (χ3n) is 4.15. The van der Waals surface area contributed by atoms with E-state index in [4.69, 9.17) is 14.7 Å². The fourth-order valence-electron chi connectivity index (χ4n) is 2.96. The van der Waals surface area contributed by atoms with Gasteiger partial charge in [-0.15, -0.1) is 0 Å². The quantitative estimate of drug-likeness (QED) is 0.897. The molecule has 1 N–H and O–H groups in total. The van der Waals surface area contributed by atoms with Crippen molar-refractivity contribution in [3.8, 4) is 0 Å². The van der Waals surface area contributed by atoms with E-state index in [1.807, 2.05) is 6.92 Å². The van der Waals surface area contributed by atoms with Crippen LogP contribution in [-0.4, -0.2) is 23.1 Å². The monoisotopic (exact) mass is 275 g/mol. The summed E-state index contributed by atoms with van der Waals surface area (Å²) in [5.41, 5.74) is 3.91. The molecular weight excluding hydrogens is 250 g/mol. The number of nitrogens with one attached hydrogen (secondary N) is 1. The number of ether oxygens (including phenoxy) is 1. The number of aromatic nitrogens is 2. The van der Waals surface area contributed by atoms with Gasteiger partial charge < -0.3 is 10.1 Å². The van der Waals surface area contributed by atoms with Gasteiger partial charge in [0.25, 0.3) is 0 Å². The van der Waals surface area contributed by atoms with Crippen LogP contribution in [0.4, 0.5) is 0 Å². The highest BCUT2D eigenvalue weighted by Crippen LogP contribution is 2.42. The Kier molecular flexibility index (Phi) is 4.03. The second-order valence-electron chi connectivity index (χ2n) is 6.21. The lowest BCUT2D eigenvalue weighted by molar-refractivity contribution is 0.0228. The molecule has 0 radical (unpaired) electrons. The Labute approximate surface area is 121 Å². The average Bonchev–Trinajstić information content (AvgIpc) is 3.27. The molecule has 2 aliphatic rings. The second kappa shape index (κ2) is 5.78. The zero-order valence-corrected chi connectivity index (χ0v) is 12.8. The summed E-state index contributed by atoms with van der Waals surface area (Å²) in [5.74, 6) is 1.98. The van der Waals surface area contributed by atoms with Crippen LogP contribution in [-0.2, 0) is 17.7 Å². The Bertz CT molecular complexity index is 483. The first-order valence-corrected chi connectivity index (χ1v) is 7.92. The molecule has 4 heteroatoms. The first-order valence-electron chi connectivity index (χ1n) is 7.92. The van der Waals surface area contributed by atoms with E-state index in [0.717, 1.165) is 25.3 Å². The summed E-state index contributed by atoms with van der Waals surface area (Å²) in [6.07, 6.45) is 3.60. The predicted octanol–water partition coefficient (Wildman–Crippen LogP) is 2.73. The molecule has 4 nitrogen and oxygen atoms in total. The van der Waals surface area contributed by atoms with E-state index in [0.29, 0.717) is 18.4 Å². The van der Waals surface area contributed by atoms with Crippen LogP contribution in [0.25, 0.3) is 0 Å². The Morgan fingerprint density at radius 1 is 1.30 bits per heavy atom. The van der Waals surface area contributed by atoms with Crippen molar-refractivity contribution in [3.05, 3.63) is 22.8 Å². The highest BCUT2D eigenvalue weighted by Gasteiger charge is 2.32. The molecule has 1 aliphatic heterocycles. The summed E-state index contributed by atoms with van der Waals surface area (Å²) in [6, 6.07) is 0. The minimum absolute atomic E-state index is 0.0256. The maximum absolute atomic E-state index is 5.90. The molecule has 3 rings (SSSR count). The minimum Gasteiger partial charge on any atom is -0.370 e. The van der Waals surface area contributed by atoms with Crippen molar-refractivity contribution >= 4 is 0 Å². The first-order chi connectivity index (χ1) is 9.70. The van der Waals surface area contributed by atoms with Gasteiger partial charge in [-0.25, -0.2) is 9.97 Å². The summed E-state index contributed by atoms with van der Waals surface area (Å²) in [6.45, 7) is 9.07. The summed E-state index contributed by atoms with van der Waals surface area (Å²) in [7, 11) is 0. The van der Waals surface area contributed by atoms with Crippen LogP contribution in [0.3, 0.4) is 0 Å². The first kappa shape index (κ1) is 14.0. The van der Waals surface area contributed by atoms with Gasteiger partial charge in [-0.3, -0.25) is 0 Å². The van der Waals surface area contributed by atoms with E-state index in [9.17, 15) is 0 Å². The van der Waals surface area contributed by atoms with Crippen molar-refractivity contribution in [3.63, 3.8) is 0 Å². The van der Waals surface area contributed by atoms with E-state index in [1.165, 1.54) is 29.8 Å². The normalized spacial score (nSPS) is 20.0. The van der Waals surface area contributed by atoms with Gasteiger partial charge in [-0.05, 0) is 25.7 Å². The van der Waals surface area contributed by atoms with Gasteiger partial charge in [-0.2, -0.15) is 0 Å². The highest BCUT2D eigenvalue weighted by molar-refractivity contribution is 5.33. The molecule has 1 aromatic heterocycles. The highest BCUT2D eigenvalue weighted by atomic mass is 16.5. The standard InChI is InChI=1S/C16H25N3O/c1-4-20-15(10(2)3)16-18-13-7-8-17-9-12(13)14(19-16)11-5-6-11/h10-11,15,17H,4-9H2,1-3H3. The summed E-state index contributed by atoms with van der Waals surface area (Å²) < 4.78 is 5.90. The second-order valence-corrected chi connectivity index (χ2v) is 6.21. The predicted molar refractivity (Wildman–Crippen MR) is 78.6 cm³/mol. The van der Waals surface area contributed by atoms with Gasteiger partial charge in [0, 0.05) is 37.6 Å². The van der Waals surface area contributed by atoms with E-state index in [-0.39, 0.29) is 6.10 Å². The number of rotatable bonds is 5. The Morgan fingerprint density at radius 3 is 2.75 bits per heavy atom. The molecule has 1 saturated carbocycles. The van der Waals surface area contributed by atoms with Crippen LogP contribution >= 0.6 is 0 Å². The number of fused-ring (bicyclic) bond motifs is 1. The average molecular weight is 275 g/mol. The maximum atomic E-state index is 5.90. The third-order valence-corrected chi connectivity index (χ3v) is 4.15. The van der Waals surface area contributed by atoms with Crippen molar-refractivity contribution in [1.29, 1.82) is 0 Å². The molecule has 1 unspecified atom stereocenters. The van der Waals surface area contributed by atoms with Crippen molar-refractivity contribution in [1.82, 2.24) is 15.3 Å². The van der Waals surface area contributed by atoms with E-state index in [1.54, 1.807) is 0 Å². The SMILES string of the molecule is CCOC(c1nc2c(c(C3CC3)n1)CNCC2)C(C)C. The van der Waals surface area contributed by atoms with Gasteiger partial charge >= 0.3 is 0 Å². The molecule has 110 valence electrons. The largest absolute Gasteiger partial charge is 0.370 e. The molecular formula is C16H25N3O. The summed E-state index contributed by atoms with van der Waals surface area (Å²) in [5, 5.41) is 3.45. The van der Waals surface area contributed by atoms with Crippen LogP contribution in [0.2, 0.25) is 0 Å². The summed E-state index contributed by atoms with van der Waals surface area (Å²) in [4.78, 5) is 9.76. The van der Waals surface area contributed by atoms with Crippen LogP contribution in [0.1, 0.15) is 68.4 Å². The lowest BCUT2D eigenvalue weighted by Gasteiger charge is -2.24. The molecule has 1 aliphatic carbocycles. The van der Waals surface area contributed by atoms with E-state index < -0.39 is 0 Å². The molecule has 1 aromatic rings. The molecule has 0 spiro atoms. The number of hydrogen-bond donors (Lipinski definition) is 1. The van der Waals surface area contributed by atoms with Crippen molar-refractivity contribution in [2.75, 3.05) is 13.2 Å². The van der Waals surface area contributed by atoms with E-state index >= 15 is 0 Å². The lowest BCUT2D eigenvalue weighted by Crippen LogP contribution is -2.28. The van der Waals surface area contributed by atoms with Crippen molar-refractivity contribution < 1.29 is 4.74 Å².